The first kappa shape index (κ1) is 12.4. The smallest absolute Gasteiger partial charge is 0.156 e. The van der Waals surface area contributed by atoms with Crippen LogP contribution in [0.2, 0.25) is 0 Å². The Hall–Kier alpha value is -0.0900. The molecule has 2 aliphatic carbocycles. The topological polar surface area (TPSA) is 60.2 Å². The van der Waals surface area contributed by atoms with Gasteiger partial charge in [0.05, 0.1) is 10.5 Å². The van der Waals surface area contributed by atoms with Crippen molar-refractivity contribution in [1.82, 2.24) is 0 Å². The molecule has 0 saturated heterocycles. The molecule has 2 fully saturated rings. The van der Waals surface area contributed by atoms with Crippen LogP contribution in [0.3, 0.4) is 0 Å². The van der Waals surface area contributed by atoms with E-state index in [2.05, 4.69) is 0 Å². The van der Waals surface area contributed by atoms with Gasteiger partial charge in [-0.25, -0.2) is 8.42 Å². The second-order valence-electron chi connectivity index (χ2n) is 5.31. The summed E-state index contributed by atoms with van der Waals surface area (Å²) in [6.45, 7) is 0.538. The third kappa shape index (κ3) is 2.28. The van der Waals surface area contributed by atoms with Crippen LogP contribution in [0.1, 0.15) is 51.4 Å². The van der Waals surface area contributed by atoms with E-state index < -0.39 is 9.84 Å². The van der Waals surface area contributed by atoms with Crippen molar-refractivity contribution < 1.29 is 8.42 Å². The summed E-state index contributed by atoms with van der Waals surface area (Å²) in [5.74, 6) is 0.222. The molecule has 0 aromatic heterocycles. The fraction of sp³-hybridized carbons (Fsp3) is 1.00. The van der Waals surface area contributed by atoms with Crippen LogP contribution in [0.5, 0.6) is 0 Å². The molecule has 4 heteroatoms. The average molecular weight is 245 g/mol. The van der Waals surface area contributed by atoms with E-state index in [1.807, 2.05) is 0 Å². The van der Waals surface area contributed by atoms with E-state index in [4.69, 9.17) is 5.73 Å². The summed E-state index contributed by atoms with van der Waals surface area (Å²) < 4.78 is 25.0. The molecule has 0 aliphatic heterocycles. The lowest BCUT2D eigenvalue weighted by Gasteiger charge is -2.32. The fourth-order valence-electron chi connectivity index (χ4n) is 3.34. The van der Waals surface area contributed by atoms with E-state index in [1.54, 1.807) is 0 Å². The molecule has 16 heavy (non-hydrogen) atoms. The standard InChI is InChI=1S/C12H23NO2S/c13-9-10-5-1-4-8-12(10)16(14,15)11-6-2-3-7-11/h10-12H,1-9,13H2. The number of nitrogens with two attached hydrogens (primary N) is 1. The van der Waals surface area contributed by atoms with Gasteiger partial charge in [0.15, 0.2) is 9.84 Å². The van der Waals surface area contributed by atoms with Crippen molar-refractivity contribution in [3.05, 3.63) is 0 Å². The fourth-order valence-corrected chi connectivity index (χ4v) is 6.10. The minimum absolute atomic E-state index is 0.0513. The van der Waals surface area contributed by atoms with Crippen LogP contribution in [-0.4, -0.2) is 25.5 Å². The maximum Gasteiger partial charge on any atom is 0.156 e. The zero-order valence-electron chi connectivity index (χ0n) is 9.90. The van der Waals surface area contributed by atoms with Crippen LogP contribution in [0.25, 0.3) is 0 Å². The van der Waals surface area contributed by atoms with Crippen LogP contribution < -0.4 is 5.73 Å². The maximum absolute atomic E-state index is 12.5. The van der Waals surface area contributed by atoms with E-state index in [0.29, 0.717) is 6.54 Å². The Morgan fingerprint density at radius 2 is 1.50 bits per heavy atom. The molecular formula is C12H23NO2S. The second kappa shape index (κ2) is 5.05. The van der Waals surface area contributed by atoms with Crippen molar-refractivity contribution in [1.29, 1.82) is 0 Å². The lowest BCUT2D eigenvalue weighted by atomic mass is 9.89. The van der Waals surface area contributed by atoms with Crippen molar-refractivity contribution in [3.8, 4) is 0 Å². The van der Waals surface area contributed by atoms with Crippen molar-refractivity contribution >= 4 is 9.84 Å². The summed E-state index contributed by atoms with van der Waals surface area (Å²) >= 11 is 0. The lowest BCUT2D eigenvalue weighted by molar-refractivity contribution is 0.361. The van der Waals surface area contributed by atoms with Crippen molar-refractivity contribution in [2.24, 2.45) is 11.7 Å². The first-order valence-corrected chi connectivity index (χ1v) is 8.20. The Bertz CT molecular complexity index is 320. The molecule has 0 amide bonds. The predicted octanol–water partition coefficient (Wildman–Crippen LogP) is 1.86. The third-order valence-corrected chi connectivity index (χ3v) is 7.20. The minimum Gasteiger partial charge on any atom is -0.330 e. The van der Waals surface area contributed by atoms with Gasteiger partial charge in [-0.2, -0.15) is 0 Å². The van der Waals surface area contributed by atoms with E-state index in [-0.39, 0.29) is 16.4 Å². The van der Waals surface area contributed by atoms with E-state index in [0.717, 1.165) is 51.4 Å². The Kier molecular flexibility index (Phi) is 3.90. The molecule has 2 saturated carbocycles. The molecule has 0 radical (unpaired) electrons. The SMILES string of the molecule is NCC1CCCCC1S(=O)(=O)C1CCCC1. The molecule has 2 atom stereocenters. The van der Waals surface area contributed by atoms with Gasteiger partial charge in [0.2, 0.25) is 0 Å². The quantitative estimate of drug-likeness (QED) is 0.825. The van der Waals surface area contributed by atoms with Gasteiger partial charge in [0.25, 0.3) is 0 Å². The van der Waals surface area contributed by atoms with Gasteiger partial charge in [-0.3, -0.25) is 0 Å². The monoisotopic (exact) mass is 245 g/mol. The Morgan fingerprint density at radius 1 is 0.938 bits per heavy atom. The first-order valence-electron chi connectivity index (χ1n) is 6.59. The number of hydrogen-bond donors (Lipinski definition) is 1. The Labute approximate surface area is 98.7 Å². The van der Waals surface area contributed by atoms with Gasteiger partial charge in [0.1, 0.15) is 0 Å². The van der Waals surface area contributed by atoms with Crippen LogP contribution in [0.15, 0.2) is 0 Å². The summed E-state index contributed by atoms with van der Waals surface area (Å²) in [6.07, 6.45) is 8.01. The van der Waals surface area contributed by atoms with E-state index in [9.17, 15) is 8.42 Å². The molecular weight excluding hydrogens is 222 g/mol. The minimum atomic E-state index is -2.90. The zero-order chi connectivity index (χ0) is 11.6. The molecule has 2 N–H and O–H groups in total. The molecule has 2 aliphatic rings. The number of rotatable bonds is 3. The Morgan fingerprint density at radius 3 is 2.12 bits per heavy atom. The molecule has 0 heterocycles. The van der Waals surface area contributed by atoms with Gasteiger partial charge in [-0.05, 0) is 38.1 Å². The first-order chi connectivity index (χ1) is 7.66. The molecule has 3 nitrogen and oxygen atoms in total. The third-order valence-electron chi connectivity index (χ3n) is 4.33. The van der Waals surface area contributed by atoms with Gasteiger partial charge in [-0.1, -0.05) is 25.7 Å². The van der Waals surface area contributed by atoms with E-state index in [1.165, 1.54) is 0 Å². The van der Waals surface area contributed by atoms with E-state index >= 15 is 0 Å². The molecule has 0 bridgehead atoms. The highest BCUT2D eigenvalue weighted by molar-refractivity contribution is 7.92. The van der Waals surface area contributed by atoms with Gasteiger partial charge in [-0.15, -0.1) is 0 Å². The average Bonchev–Trinajstić information content (AvgIpc) is 2.83. The molecule has 2 rings (SSSR count). The summed E-state index contributed by atoms with van der Waals surface area (Å²) in [4.78, 5) is 0. The summed E-state index contributed by atoms with van der Waals surface area (Å²) in [5.41, 5.74) is 5.72. The van der Waals surface area contributed by atoms with Crippen molar-refractivity contribution in [2.75, 3.05) is 6.54 Å². The molecule has 94 valence electrons. The number of sulfone groups is 1. The summed E-state index contributed by atoms with van der Waals surface area (Å²) in [7, 11) is -2.90. The lowest BCUT2D eigenvalue weighted by Crippen LogP contribution is -2.41. The molecule has 0 spiro atoms. The van der Waals surface area contributed by atoms with Crippen molar-refractivity contribution in [2.45, 2.75) is 61.9 Å². The zero-order valence-corrected chi connectivity index (χ0v) is 10.7. The summed E-state index contributed by atoms with van der Waals surface area (Å²) in [6, 6.07) is 0. The highest BCUT2D eigenvalue weighted by atomic mass is 32.2. The molecule has 0 aromatic carbocycles. The number of hydrogen-bond acceptors (Lipinski definition) is 3. The van der Waals surface area contributed by atoms with Crippen LogP contribution >= 0.6 is 0 Å². The molecule has 2 unspecified atom stereocenters. The van der Waals surface area contributed by atoms with Crippen LogP contribution in [-0.2, 0) is 9.84 Å². The highest BCUT2D eigenvalue weighted by Gasteiger charge is 2.40. The normalized spacial score (nSPS) is 33.1. The van der Waals surface area contributed by atoms with Crippen molar-refractivity contribution in [3.63, 3.8) is 0 Å². The second-order valence-corrected chi connectivity index (χ2v) is 7.76. The van der Waals surface area contributed by atoms with Crippen LogP contribution in [0, 0.1) is 5.92 Å². The molecule has 0 aromatic rings. The highest BCUT2D eigenvalue weighted by Crippen LogP contribution is 2.35. The Balaban J connectivity index is 2.13. The van der Waals surface area contributed by atoms with Crippen LogP contribution in [0.4, 0.5) is 0 Å². The van der Waals surface area contributed by atoms with Gasteiger partial charge in [0, 0.05) is 0 Å². The summed E-state index contributed by atoms with van der Waals surface area (Å²) in [5, 5.41) is -0.181. The largest absolute Gasteiger partial charge is 0.330 e. The van der Waals surface area contributed by atoms with Gasteiger partial charge < -0.3 is 5.73 Å². The van der Waals surface area contributed by atoms with Gasteiger partial charge >= 0.3 is 0 Å². The predicted molar refractivity (Wildman–Crippen MR) is 66.0 cm³/mol. The maximum atomic E-state index is 12.5.